The molecule has 0 radical (unpaired) electrons. The molecule has 0 saturated heterocycles. The van der Waals surface area contributed by atoms with Crippen LogP contribution in [0.3, 0.4) is 0 Å². The summed E-state index contributed by atoms with van der Waals surface area (Å²) in [4.78, 5) is 25.2. The first-order valence-corrected chi connectivity index (χ1v) is 14.8. The lowest BCUT2D eigenvalue weighted by Crippen LogP contribution is -2.55. The molecule has 7 rings (SSSR count). The van der Waals surface area contributed by atoms with E-state index < -0.39 is 0 Å². The monoisotopic (exact) mass is 538 g/mol. The second-order valence-electron chi connectivity index (χ2n) is 11.6. The van der Waals surface area contributed by atoms with Crippen molar-refractivity contribution in [3.63, 3.8) is 0 Å². The summed E-state index contributed by atoms with van der Waals surface area (Å²) in [6.07, 6.45) is 12.9. The summed E-state index contributed by atoms with van der Waals surface area (Å²) >= 11 is 0. The van der Waals surface area contributed by atoms with Crippen molar-refractivity contribution in [1.29, 1.82) is 0 Å². The summed E-state index contributed by atoms with van der Waals surface area (Å²) in [6, 6.07) is 5.06. The molecule has 3 fully saturated rings. The number of aromatic nitrogens is 4. The van der Waals surface area contributed by atoms with E-state index in [-0.39, 0.29) is 30.3 Å². The van der Waals surface area contributed by atoms with Crippen LogP contribution in [-0.4, -0.2) is 81.7 Å². The number of carbonyl (C=O) groups is 1. The normalized spacial score (nSPS) is 30.4. The van der Waals surface area contributed by atoms with E-state index in [1.54, 1.807) is 13.3 Å². The Hall–Kier alpha value is -2.92. The largest absolute Gasteiger partial charge is 0.382 e. The first-order valence-electron chi connectivity index (χ1n) is 14.8. The zero-order valence-electron chi connectivity index (χ0n) is 22.9. The SMILES string of the molecule is COCCOC1CCC(NC(=O)N2C3CCC(CC3)Nc3nccc(n3)Nc3cc([nH]n3)C3CCC2C3)CC1. The van der Waals surface area contributed by atoms with Gasteiger partial charge in [0, 0.05) is 55.2 Å². The van der Waals surface area contributed by atoms with Crippen LogP contribution >= 0.6 is 0 Å². The van der Waals surface area contributed by atoms with Crippen LogP contribution in [0.1, 0.15) is 82.2 Å². The molecular formula is C28H42N8O3. The number of nitrogens with zero attached hydrogens (tertiary/aromatic N) is 4. The summed E-state index contributed by atoms with van der Waals surface area (Å²) in [6.45, 7) is 1.26. The molecule has 2 unspecified atom stereocenters. The average molecular weight is 539 g/mol. The van der Waals surface area contributed by atoms with Gasteiger partial charge < -0.3 is 30.3 Å². The average Bonchev–Trinajstić information content (AvgIpc) is 3.61. The number of urea groups is 1. The predicted molar refractivity (Wildman–Crippen MR) is 148 cm³/mol. The zero-order valence-corrected chi connectivity index (χ0v) is 22.9. The number of amides is 2. The Morgan fingerprint density at radius 2 is 1.85 bits per heavy atom. The van der Waals surface area contributed by atoms with Crippen LogP contribution in [0.15, 0.2) is 18.3 Å². The highest BCUT2D eigenvalue weighted by atomic mass is 16.5. The lowest BCUT2D eigenvalue weighted by molar-refractivity contribution is -0.00419. The minimum absolute atomic E-state index is 0.116. The Labute approximate surface area is 230 Å². The third-order valence-electron chi connectivity index (χ3n) is 9.05. The van der Waals surface area contributed by atoms with Crippen molar-refractivity contribution in [2.24, 2.45) is 0 Å². The molecule has 3 saturated carbocycles. The maximum absolute atomic E-state index is 13.9. The molecule has 2 amide bonds. The number of methoxy groups -OCH3 is 1. The molecule has 212 valence electrons. The van der Waals surface area contributed by atoms with E-state index >= 15 is 0 Å². The highest BCUT2D eigenvalue weighted by molar-refractivity contribution is 5.75. The molecule has 0 aromatic carbocycles. The molecule has 2 aromatic heterocycles. The highest BCUT2D eigenvalue weighted by Gasteiger charge is 2.39. The van der Waals surface area contributed by atoms with E-state index in [9.17, 15) is 4.79 Å². The fraction of sp³-hybridized carbons (Fsp3) is 0.714. The Bertz CT molecular complexity index is 1100. The fourth-order valence-corrected chi connectivity index (χ4v) is 6.96. The summed E-state index contributed by atoms with van der Waals surface area (Å²) in [5, 5.41) is 18.0. The van der Waals surface area contributed by atoms with Gasteiger partial charge in [-0.15, -0.1) is 0 Å². The number of anilines is 3. The van der Waals surface area contributed by atoms with Crippen molar-refractivity contribution in [1.82, 2.24) is 30.4 Å². The van der Waals surface area contributed by atoms with Crippen molar-refractivity contribution in [2.45, 2.75) is 107 Å². The number of hydrogen-bond acceptors (Lipinski definition) is 8. The van der Waals surface area contributed by atoms with Gasteiger partial charge in [-0.05, 0) is 76.7 Å². The number of rotatable bonds is 5. The number of nitrogens with one attached hydrogen (secondary N) is 4. The van der Waals surface area contributed by atoms with Gasteiger partial charge in [0.05, 0.1) is 19.3 Å². The summed E-state index contributed by atoms with van der Waals surface area (Å²) in [7, 11) is 1.70. The summed E-state index contributed by atoms with van der Waals surface area (Å²) in [5.74, 6) is 2.47. The Balaban J connectivity index is 1.16. The first-order chi connectivity index (χ1) is 19.1. The fourth-order valence-electron chi connectivity index (χ4n) is 6.96. The van der Waals surface area contributed by atoms with Crippen molar-refractivity contribution < 1.29 is 14.3 Å². The molecule has 2 atom stereocenters. The van der Waals surface area contributed by atoms with E-state index in [1.165, 1.54) is 0 Å². The molecule has 8 bridgehead atoms. The third kappa shape index (κ3) is 6.30. The quantitative estimate of drug-likeness (QED) is 0.415. The molecule has 5 aliphatic rings. The number of hydrogen-bond donors (Lipinski definition) is 4. The van der Waals surface area contributed by atoms with Gasteiger partial charge in [-0.25, -0.2) is 9.78 Å². The van der Waals surface area contributed by atoms with Crippen molar-refractivity contribution in [3.8, 4) is 0 Å². The minimum Gasteiger partial charge on any atom is -0.382 e. The Morgan fingerprint density at radius 3 is 2.67 bits per heavy atom. The van der Waals surface area contributed by atoms with E-state index in [2.05, 4.69) is 47.1 Å². The third-order valence-corrected chi connectivity index (χ3v) is 9.05. The van der Waals surface area contributed by atoms with Gasteiger partial charge in [0.25, 0.3) is 0 Å². The summed E-state index contributed by atoms with van der Waals surface area (Å²) in [5.41, 5.74) is 1.12. The van der Waals surface area contributed by atoms with Gasteiger partial charge in [-0.1, -0.05) is 0 Å². The first kappa shape index (κ1) is 26.3. The van der Waals surface area contributed by atoms with Crippen LogP contribution in [0.5, 0.6) is 0 Å². The van der Waals surface area contributed by atoms with Gasteiger partial charge >= 0.3 is 6.03 Å². The molecule has 2 aromatic rings. The number of aromatic amines is 1. The topological polar surface area (TPSA) is 129 Å². The smallest absolute Gasteiger partial charge is 0.318 e. The van der Waals surface area contributed by atoms with Crippen LogP contribution in [0.2, 0.25) is 0 Å². The maximum Gasteiger partial charge on any atom is 0.318 e. The van der Waals surface area contributed by atoms with Gasteiger partial charge in [0.1, 0.15) is 5.82 Å². The number of H-pyrrole nitrogens is 1. The van der Waals surface area contributed by atoms with Gasteiger partial charge in [0.15, 0.2) is 5.82 Å². The molecule has 4 heterocycles. The summed E-state index contributed by atoms with van der Waals surface area (Å²) < 4.78 is 11.0. The zero-order chi connectivity index (χ0) is 26.6. The van der Waals surface area contributed by atoms with Gasteiger partial charge in [-0.2, -0.15) is 10.1 Å². The van der Waals surface area contributed by atoms with Gasteiger partial charge in [-0.3, -0.25) is 5.10 Å². The second kappa shape index (κ2) is 12.1. The van der Waals surface area contributed by atoms with Crippen molar-refractivity contribution in [3.05, 3.63) is 24.0 Å². The predicted octanol–water partition coefficient (Wildman–Crippen LogP) is 4.30. The van der Waals surface area contributed by atoms with Crippen LogP contribution in [0, 0.1) is 0 Å². The molecular weight excluding hydrogens is 496 g/mol. The molecule has 3 aliphatic carbocycles. The minimum atomic E-state index is 0.116. The lowest BCUT2D eigenvalue weighted by atomic mass is 9.89. The van der Waals surface area contributed by atoms with Crippen LogP contribution in [-0.2, 0) is 9.47 Å². The Kier molecular flexibility index (Phi) is 8.15. The molecule has 11 heteroatoms. The van der Waals surface area contributed by atoms with E-state index in [1.807, 2.05) is 6.07 Å². The Morgan fingerprint density at radius 1 is 1.03 bits per heavy atom. The molecule has 2 aliphatic heterocycles. The maximum atomic E-state index is 13.9. The molecule has 39 heavy (non-hydrogen) atoms. The van der Waals surface area contributed by atoms with Gasteiger partial charge in [0.2, 0.25) is 5.95 Å². The number of fused-ring (bicyclic) bond motifs is 2. The van der Waals surface area contributed by atoms with E-state index in [0.29, 0.717) is 31.1 Å². The number of carbonyl (C=O) groups excluding carboxylic acids is 1. The highest BCUT2D eigenvalue weighted by Crippen LogP contribution is 2.40. The standard InChI is InChI=1S/C28H42N8O3/c1-38-14-15-39-23-10-5-20(6-11-23)31-28(37)36-21-8-3-19(4-9-21)30-27-29-13-12-25(33-27)32-26-17-24(34-35-26)18-2-7-22(36)16-18/h12-13,17-23H,2-11,14-16H2,1H3,(H,31,37)(H3,29,30,32,33,34,35). The van der Waals surface area contributed by atoms with E-state index in [0.717, 1.165) is 88.0 Å². The lowest BCUT2D eigenvalue weighted by Gasteiger charge is -2.41. The number of ether oxygens (including phenoxy) is 2. The van der Waals surface area contributed by atoms with Crippen LogP contribution in [0.25, 0.3) is 0 Å². The molecule has 11 nitrogen and oxygen atoms in total. The van der Waals surface area contributed by atoms with E-state index in [4.69, 9.17) is 9.47 Å². The molecule has 4 N–H and O–H groups in total. The van der Waals surface area contributed by atoms with Crippen LogP contribution in [0.4, 0.5) is 22.4 Å². The van der Waals surface area contributed by atoms with Crippen molar-refractivity contribution in [2.75, 3.05) is 31.0 Å². The van der Waals surface area contributed by atoms with Crippen molar-refractivity contribution >= 4 is 23.6 Å². The van der Waals surface area contributed by atoms with Crippen LogP contribution < -0.4 is 16.0 Å². The second-order valence-corrected chi connectivity index (χ2v) is 11.6. The molecule has 0 spiro atoms.